The zero-order valence-electron chi connectivity index (χ0n) is 11.6. The van der Waals surface area contributed by atoms with E-state index in [2.05, 4.69) is 5.32 Å². The van der Waals surface area contributed by atoms with Crippen LogP contribution in [0.5, 0.6) is 0 Å². The topological polar surface area (TPSA) is 89.3 Å². The van der Waals surface area contributed by atoms with Crippen LogP contribution in [0.1, 0.15) is 19.8 Å². The van der Waals surface area contributed by atoms with Crippen molar-refractivity contribution in [1.29, 1.82) is 0 Å². The Morgan fingerprint density at radius 2 is 1.95 bits per heavy atom. The van der Waals surface area contributed by atoms with Crippen molar-refractivity contribution in [2.24, 2.45) is 11.7 Å². The van der Waals surface area contributed by atoms with E-state index in [0.717, 1.165) is 12.5 Å². The third-order valence-corrected chi connectivity index (χ3v) is 4.42. The highest BCUT2D eigenvalue weighted by Gasteiger charge is 2.30. The molecule has 5 nitrogen and oxygen atoms in total. The van der Waals surface area contributed by atoms with Crippen molar-refractivity contribution < 1.29 is 22.0 Å². The summed E-state index contributed by atoms with van der Waals surface area (Å²) in [6.07, 6.45) is 1.26. The van der Waals surface area contributed by atoms with Crippen molar-refractivity contribution >= 4 is 21.4 Å². The summed E-state index contributed by atoms with van der Waals surface area (Å²) in [5.74, 6) is -4.51. The first-order valence-electron chi connectivity index (χ1n) is 6.46. The highest BCUT2D eigenvalue weighted by atomic mass is 32.2. The molecular weight excluding hydrogens is 302 g/mol. The SMILES string of the molecule is CCCC(CN)C(=O)Nc1ccccc1S(=O)(=O)C(F)F. The van der Waals surface area contributed by atoms with Gasteiger partial charge in [0.05, 0.1) is 16.5 Å². The number of rotatable bonds is 7. The van der Waals surface area contributed by atoms with Crippen LogP contribution in [0.4, 0.5) is 14.5 Å². The van der Waals surface area contributed by atoms with Gasteiger partial charge in [-0.3, -0.25) is 4.79 Å². The molecule has 21 heavy (non-hydrogen) atoms. The average molecular weight is 320 g/mol. The molecule has 8 heteroatoms. The van der Waals surface area contributed by atoms with Crippen LogP contribution in [0.3, 0.4) is 0 Å². The van der Waals surface area contributed by atoms with E-state index in [0.29, 0.717) is 6.42 Å². The van der Waals surface area contributed by atoms with Crippen LogP contribution >= 0.6 is 0 Å². The normalized spacial score (nSPS) is 13.2. The number of benzene rings is 1. The first-order valence-corrected chi connectivity index (χ1v) is 8.01. The number of para-hydroxylation sites is 1. The number of alkyl halides is 2. The Morgan fingerprint density at radius 3 is 2.48 bits per heavy atom. The van der Waals surface area contributed by atoms with Crippen LogP contribution in [0.25, 0.3) is 0 Å². The standard InChI is InChI=1S/C13H18F2N2O3S/c1-2-5-9(8-16)12(18)17-10-6-3-4-7-11(10)21(19,20)13(14)15/h3-4,6-7,9,13H,2,5,8,16H2,1H3,(H,17,18). The summed E-state index contributed by atoms with van der Waals surface area (Å²) in [7, 11) is -4.78. The smallest absolute Gasteiger partial charge is 0.330 e. The summed E-state index contributed by atoms with van der Waals surface area (Å²) in [5, 5.41) is 2.38. The fraction of sp³-hybridized carbons (Fsp3) is 0.462. The first kappa shape index (κ1) is 17.5. The number of carbonyl (C=O) groups is 1. The van der Waals surface area contributed by atoms with Crippen molar-refractivity contribution in [3.8, 4) is 0 Å². The predicted molar refractivity (Wildman–Crippen MR) is 75.7 cm³/mol. The molecule has 0 aliphatic rings. The Bertz CT molecular complexity index is 591. The Labute approximate surface area is 122 Å². The van der Waals surface area contributed by atoms with Gasteiger partial charge in [-0.2, -0.15) is 8.78 Å². The van der Waals surface area contributed by atoms with Gasteiger partial charge in [0.15, 0.2) is 0 Å². The van der Waals surface area contributed by atoms with Crippen LogP contribution in [-0.4, -0.2) is 26.6 Å². The lowest BCUT2D eigenvalue weighted by Crippen LogP contribution is -2.29. The fourth-order valence-corrected chi connectivity index (χ4v) is 2.74. The maximum absolute atomic E-state index is 12.6. The molecule has 1 aromatic rings. The minimum atomic E-state index is -4.78. The predicted octanol–water partition coefficient (Wildman–Crippen LogP) is 2.00. The van der Waals surface area contributed by atoms with Gasteiger partial charge in [0.1, 0.15) is 0 Å². The third-order valence-electron chi connectivity index (χ3n) is 2.98. The summed E-state index contributed by atoms with van der Waals surface area (Å²) in [6.45, 7) is 1.98. The van der Waals surface area contributed by atoms with Gasteiger partial charge in [-0.05, 0) is 18.6 Å². The second-order valence-electron chi connectivity index (χ2n) is 4.51. The molecule has 1 atom stereocenters. The molecule has 0 aliphatic heterocycles. The zero-order chi connectivity index (χ0) is 16.0. The van der Waals surface area contributed by atoms with E-state index < -0.39 is 32.3 Å². The Hall–Kier alpha value is -1.54. The molecule has 0 heterocycles. The fourth-order valence-electron chi connectivity index (χ4n) is 1.85. The lowest BCUT2D eigenvalue weighted by atomic mass is 10.0. The lowest BCUT2D eigenvalue weighted by molar-refractivity contribution is -0.119. The van der Waals surface area contributed by atoms with Crippen molar-refractivity contribution in [3.63, 3.8) is 0 Å². The van der Waals surface area contributed by atoms with Gasteiger partial charge in [-0.1, -0.05) is 25.5 Å². The number of nitrogens with one attached hydrogen (secondary N) is 1. The van der Waals surface area contributed by atoms with Gasteiger partial charge in [0.25, 0.3) is 0 Å². The van der Waals surface area contributed by atoms with Crippen LogP contribution in [-0.2, 0) is 14.6 Å². The summed E-state index contributed by atoms with van der Waals surface area (Å²) in [4.78, 5) is 11.4. The van der Waals surface area contributed by atoms with E-state index in [1.807, 2.05) is 6.92 Å². The summed E-state index contributed by atoms with van der Waals surface area (Å²) >= 11 is 0. The average Bonchev–Trinajstić information content (AvgIpc) is 2.44. The number of nitrogens with two attached hydrogens (primary N) is 1. The zero-order valence-corrected chi connectivity index (χ0v) is 12.4. The van der Waals surface area contributed by atoms with E-state index in [4.69, 9.17) is 5.73 Å². The maximum Gasteiger partial charge on any atom is 0.341 e. The van der Waals surface area contributed by atoms with E-state index in [9.17, 15) is 22.0 Å². The Balaban J connectivity index is 3.08. The Kier molecular flexibility index (Phi) is 6.22. The number of carbonyl (C=O) groups excluding carboxylic acids is 1. The van der Waals surface area contributed by atoms with Gasteiger partial charge >= 0.3 is 5.76 Å². The van der Waals surface area contributed by atoms with E-state index >= 15 is 0 Å². The minimum absolute atomic E-state index is 0.101. The molecule has 0 spiro atoms. The van der Waals surface area contributed by atoms with Crippen LogP contribution in [0, 0.1) is 5.92 Å². The molecule has 0 fully saturated rings. The number of anilines is 1. The van der Waals surface area contributed by atoms with E-state index in [-0.39, 0.29) is 12.2 Å². The summed E-state index contributed by atoms with van der Waals surface area (Å²) < 4.78 is 48.4. The van der Waals surface area contributed by atoms with Gasteiger partial charge in [0.2, 0.25) is 15.7 Å². The van der Waals surface area contributed by atoms with Crippen LogP contribution in [0.2, 0.25) is 0 Å². The second kappa shape index (κ2) is 7.46. The molecule has 0 saturated heterocycles. The number of halogens is 2. The highest BCUT2D eigenvalue weighted by Crippen LogP contribution is 2.26. The number of amides is 1. The van der Waals surface area contributed by atoms with Crippen LogP contribution in [0.15, 0.2) is 29.2 Å². The van der Waals surface area contributed by atoms with Gasteiger partial charge in [-0.25, -0.2) is 8.42 Å². The lowest BCUT2D eigenvalue weighted by Gasteiger charge is -2.16. The molecule has 0 aliphatic carbocycles. The van der Waals surface area contributed by atoms with Gasteiger partial charge in [-0.15, -0.1) is 0 Å². The molecule has 0 aromatic heterocycles. The molecule has 1 rings (SSSR count). The molecule has 1 aromatic carbocycles. The molecular formula is C13H18F2N2O3S. The van der Waals surface area contributed by atoms with Crippen molar-refractivity contribution in [2.75, 3.05) is 11.9 Å². The van der Waals surface area contributed by atoms with Crippen LogP contribution < -0.4 is 11.1 Å². The molecule has 3 N–H and O–H groups in total. The summed E-state index contributed by atoms with van der Waals surface area (Å²) in [5.41, 5.74) is 5.33. The largest absolute Gasteiger partial charge is 0.341 e. The molecule has 0 bridgehead atoms. The van der Waals surface area contributed by atoms with E-state index in [1.54, 1.807) is 0 Å². The minimum Gasteiger partial charge on any atom is -0.330 e. The van der Waals surface area contributed by atoms with Crippen molar-refractivity contribution in [2.45, 2.75) is 30.4 Å². The number of hydrogen-bond acceptors (Lipinski definition) is 4. The quantitative estimate of drug-likeness (QED) is 0.804. The first-order chi connectivity index (χ1) is 9.84. The highest BCUT2D eigenvalue weighted by molar-refractivity contribution is 7.91. The summed E-state index contributed by atoms with van der Waals surface area (Å²) in [6, 6.07) is 5.08. The number of hydrogen-bond donors (Lipinski definition) is 2. The van der Waals surface area contributed by atoms with E-state index in [1.165, 1.54) is 18.2 Å². The second-order valence-corrected chi connectivity index (χ2v) is 6.40. The molecule has 1 unspecified atom stereocenters. The maximum atomic E-state index is 12.6. The molecule has 1 amide bonds. The monoisotopic (exact) mass is 320 g/mol. The van der Waals surface area contributed by atoms with Gasteiger partial charge in [0, 0.05) is 6.54 Å². The number of sulfone groups is 1. The van der Waals surface area contributed by atoms with Crippen molar-refractivity contribution in [3.05, 3.63) is 24.3 Å². The molecule has 0 radical (unpaired) electrons. The Morgan fingerprint density at radius 1 is 1.33 bits per heavy atom. The van der Waals surface area contributed by atoms with Gasteiger partial charge < -0.3 is 11.1 Å². The molecule has 118 valence electrons. The molecule has 0 saturated carbocycles. The third kappa shape index (κ3) is 4.21. The van der Waals surface area contributed by atoms with Crippen molar-refractivity contribution in [1.82, 2.24) is 0 Å².